The van der Waals surface area contributed by atoms with Gasteiger partial charge in [0.05, 0.1) is 18.3 Å². The van der Waals surface area contributed by atoms with Gasteiger partial charge in [0.1, 0.15) is 11.5 Å². The minimum absolute atomic E-state index is 0.0862. The largest absolute Gasteiger partial charge is 0.507 e. The van der Waals surface area contributed by atoms with E-state index in [2.05, 4.69) is 5.32 Å². The third kappa shape index (κ3) is 2.81. The van der Waals surface area contributed by atoms with Gasteiger partial charge in [-0.1, -0.05) is 0 Å². The summed E-state index contributed by atoms with van der Waals surface area (Å²) in [5, 5.41) is 12.6. The number of methoxy groups -OCH3 is 2. The average Bonchev–Trinajstić information content (AvgIpc) is 2.37. The minimum Gasteiger partial charge on any atom is -0.507 e. The Hall–Kier alpha value is -1.75. The molecule has 0 atom stereocenters. The number of carbonyl (C=O) groups excluding carboxylic acids is 1. The molecule has 0 aliphatic heterocycles. The van der Waals surface area contributed by atoms with Crippen LogP contribution in [0.5, 0.6) is 11.5 Å². The molecule has 0 unspecified atom stereocenters. The van der Waals surface area contributed by atoms with E-state index in [0.717, 1.165) is 19.3 Å². The maximum atomic E-state index is 12.0. The molecular formula is C14H19NO4. The predicted molar refractivity (Wildman–Crippen MR) is 70.6 cm³/mol. The second kappa shape index (κ2) is 5.48. The molecule has 0 aromatic heterocycles. The summed E-state index contributed by atoms with van der Waals surface area (Å²) in [4.78, 5) is 12.0. The van der Waals surface area contributed by atoms with Crippen molar-refractivity contribution < 1.29 is 19.4 Å². The first-order chi connectivity index (χ1) is 9.10. The van der Waals surface area contributed by atoms with E-state index in [9.17, 15) is 9.90 Å². The van der Waals surface area contributed by atoms with Crippen molar-refractivity contribution in [2.45, 2.75) is 24.9 Å². The smallest absolute Gasteiger partial charge is 0.255 e. The Bertz CT molecular complexity index is 463. The molecule has 5 nitrogen and oxygen atoms in total. The van der Waals surface area contributed by atoms with E-state index < -0.39 is 0 Å². The van der Waals surface area contributed by atoms with Crippen LogP contribution in [0, 0.1) is 0 Å². The van der Waals surface area contributed by atoms with E-state index in [4.69, 9.17) is 9.47 Å². The number of aromatic hydroxyl groups is 1. The predicted octanol–water partition coefficient (Wildman–Crippen LogP) is 1.70. The summed E-state index contributed by atoms with van der Waals surface area (Å²) in [5.41, 5.74) is 0.0176. The number of benzene rings is 1. The molecule has 1 aromatic rings. The van der Waals surface area contributed by atoms with Crippen LogP contribution in [0.2, 0.25) is 0 Å². The molecule has 0 saturated heterocycles. The van der Waals surface area contributed by atoms with Crippen molar-refractivity contribution in [1.29, 1.82) is 0 Å². The van der Waals surface area contributed by atoms with Gasteiger partial charge >= 0.3 is 0 Å². The Morgan fingerprint density at radius 3 is 2.63 bits per heavy atom. The SMILES string of the molecule is COc1ccc(C(=O)NCC2(OC)CCC2)c(O)c1. The number of phenols is 1. The lowest BCUT2D eigenvalue weighted by Crippen LogP contribution is -2.49. The van der Waals surface area contributed by atoms with Crippen molar-refractivity contribution in [3.63, 3.8) is 0 Å². The summed E-state index contributed by atoms with van der Waals surface area (Å²) < 4.78 is 10.4. The van der Waals surface area contributed by atoms with Gasteiger partial charge in [0.2, 0.25) is 0 Å². The Balaban J connectivity index is 2.00. The van der Waals surface area contributed by atoms with E-state index in [1.807, 2.05) is 0 Å². The Morgan fingerprint density at radius 1 is 1.42 bits per heavy atom. The number of hydrogen-bond donors (Lipinski definition) is 2. The van der Waals surface area contributed by atoms with Crippen LogP contribution >= 0.6 is 0 Å². The van der Waals surface area contributed by atoms with Crippen LogP contribution in [-0.4, -0.2) is 37.4 Å². The second-order valence-corrected chi connectivity index (χ2v) is 4.81. The number of phenolic OH excluding ortho intramolecular Hbond substituents is 1. The molecular weight excluding hydrogens is 246 g/mol. The highest BCUT2D eigenvalue weighted by Crippen LogP contribution is 2.34. The third-order valence-electron chi connectivity index (χ3n) is 3.72. The molecule has 5 heteroatoms. The average molecular weight is 265 g/mol. The Kier molecular flexibility index (Phi) is 3.95. The summed E-state index contributed by atoms with van der Waals surface area (Å²) in [5.74, 6) is 0.127. The van der Waals surface area contributed by atoms with Gasteiger partial charge < -0.3 is 19.9 Å². The first-order valence-corrected chi connectivity index (χ1v) is 6.30. The summed E-state index contributed by atoms with van der Waals surface area (Å²) in [6.07, 6.45) is 3.04. The lowest BCUT2D eigenvalue weighted by molar-refractivity contribution is -0.0679. The molecule has 1 amide bonds. The van der Waals surface area contributed by atoms with Crippen LogP contribution in [-0.2, 0) is 4.74 Å². The molecule has 1 fully saturated rings. The van der Waals surface area contributed by atoms with Crippen molar-refractivity contribution in [1.82, 2.24) is 5.32 Å². The van der Waals surface area contributed by atoms with Gasteiger partial charge in [0, 0.05) is 19.7 Å². The van der Waals surface area contributed by atoms with Crippen LogP contribution < -0.4 is 10.1 Å². The molecule has 0 spiro atoms. The van der Waals surface area contributed by atoms with E-state index in [0.29, 0.717) is 12.3 Å². The number of nitrogens with one attached hydrogen (secondary N) is 1. The van der Waals surface area contributed by atoms with Gasteiger partial charge in [-0.2, -0.15) is 0 Å². The fourth-order valence-corrected chi connectivity index (χ4v) is 2.19. The van der Waals surface area contributed by atoms with Crippen molar-refractivity contribution >= 4 is 5.91 Å². The van der Waals surface area contributed by atoms with E-state index in [1.54, 1.807) is 19.2 Å². The lowest BCUT2D eigenvalue weighted by atomic mass is 9.80. The summed E-state index contributed by atoms with van der Waals surface area (Å²) >= 11 is 0. The molecule has 0 heterocycles. The quantitative estimate of drug-likeness (QED) is 0.850. The zero-order chi connectivity index (χ0) is 13.9. The first-order valence-electron chi connectivity index (χ1n) is 6.30. The molecule has 1 aliphatic rings. The van der Waals surface area contributed by atoms with Gasteiger partial charge in [-0.3, -0.25) is 4.79 Å². The summed E-state index contributed by atoms with van der Waals surface area (Å²) in [6.45, 7) is 0.466. The zero-order valence-corrected chi connectivity index (χ0v) is 11.2. The number of hydrogen-bond acceptors (Lipinski definition) is 4. The zero-order valence-electron chi connectivity index (χ0n) is 11.2. The minimum atomic E-state index is -0.302. The molecule has 1 saturated carbocycles. The summed E-state index contributed by atoms with van der Waals surface area (Å²) in [6, 6.07) is 4.61. The topological polar surface area (TPSA) is 67.8 Å². The summed E-state index contributed by atoms with van der Waals surface area (Å²) in [7, 11) is 3.17. The van der Waals surface area contributed by atoms with Gasteiger partial charge in [-0.15, -0.1) is 0 Å². The second-order valence-electron chi connectivity index (χ2n) is 4.81. The maximum Gasteiger partial charge on any atom is 0.255 e. The molecule has 2 rings (SSSR count). The highest BCUT2D eigenvalue weighted by Gasteiger charge is 2.37. The van der Waals surface area contributed by atoms with E-state index in [1.165, 1.54) is 13.2 Å². The lowest BCUT2D eigenvalue weighted by Gasteiger charge is -2.40. The van der Waals surface area contributed by atoms with Crippen LogP contribution in [0.4, 0.5) is 0 Å². The molecule has 19 heavy (non-hydrogen) atoms. The van der Waals surface area contributed by atoms with Gasteiger partial charge in [0.15, 0.2) is 0 Å². The normalized spacial score (nSPS) is 16.5. The van der Waals surface area contributed by atoms with Gasteiger partial charge in [0.25, 0.3) is 5.91 Å². The number of ether oxygens (including phenoxy) is 2. The molecule has 1 aliphatic carbocycles. The highest BCUT2D eigenvalue weighted by atomic mass is 16.5. The standard InChI is InChI=1S/C14H19NO4/c1-18-10-4-5-11(12(16)8-10)13(17)15-9-14(19-2)6-3-7-14/h4-5,8,16H,3,6-7,9H2,1-2H3,(H,15,17). The Morgan fingerprint density at radius 2 is 2.16 bits per heavy atom. The Labute approximate surface area is 112 Å². The number of carbonyl (C=O) groups is 1. The first kappa shape index (κ1) is 13.7. The molecule has 1 aromatic carbocycles. The third-order valence-corrected chi connectivity index (χ3v) is 3.72. The van der Waals surface area contributed by atoms with Crippen molar-refractivity contribution in [2.75, 3.05) is 20.8 Å². The van der Waals surface area contributed by atoms with Crippen LogP contribution in [0.3, 0.4) is 0 Å². The van der Waals surface area contributed by atoms with Crippen LogP contribution in [0.15, 0.2) is 18.2 Å². The fourth-order valence-electron chi connectivity index (χ4n) is 2.19. The van der Waals surface area contributed by atoms with Crippen molar-refractivity contribution in [3.8, 4) is 11.5 Å². The molecule has 104 valence electrons. The maximum absolute atomic E-state index is 12.0. The van der Waals surface area contributed by atoms with Crippen LogP contribution in [0.25, 0.3) is 0 Å². The van der Waals surface area contributed by atoms with E-state index >= 15 is 0 Å². The number of rotatable bonds is 5. The molecule has 2 N–H and O–H groups in total. The van der Waals surface area contributed by atoms with Crippen molar-refractivity contribution in [3.05, 3.63) is 23.8 Å². The van der Waals surface area contributed by atoms with Crippen molar-refractivity contribution in [2.24, 2.45) is 0 Å². The van der Waals surface area contributed by atoms with Gasteiger partial charge in [-0.05, 0) is 31.4 Å². The van der Waals surface area contributed by atoms with E-state index in [-0.39, 0.29) is 22.8 Å². The fraction of sp³-hybridized carbons (Fsp3) is 0.500. The van der Waals surface area contributed by atoms with Gasteiger partial charge in [-0.25, -0.2) is 0 Å². The highest BCUT2D eigenvalue weighted by molar-refractivity contribution is 5.97. The molecule has 0 bridgehead atoms. The van der Waals surface area contributed by atoms with Crippen LogP contribution in [0.1, 0.15) is 29.6 Å². The molecule has 0 radical (unpaired) electrons. The number of amides is 1. The monoisotopic (exact) mass is 265 g/mol.